The molecule has 0 bridgehead atoms. The van der Waals surface area contributed by atoms with E-state index in [1.165, 1.54) is 22.3 Å². The fourth-order valence-electron chi connectivity index (χ4n) is 5.13. The van der Waals surface area contributed by atoms with Crippen molar-refractivity contribution in [3.63, 3.8) is 0 Å². The van der Waals surface area contributed by atoms with E-state index in [0.717, 1.165) is 66.0 Å². The number of hydrogen-bond donors (Lipinski definition) is 1. The van der Waals surface area contributed by atoms with Crippen molar-refractivity contribution in [1.29, 1.82) is 0 Å². The number of hydrogen-bond acceptors (Lipinski definition) is 3. The highest BCUT2D eigenvalue weighted by Gasteiger charge is 2.27. The predicted molar refractivity (Wildman–Crippen MR) is 149 cm³/mol. The third kappa shape index (κ3) is 6.62. The Morgan fingerprint density at radius 1 is 0.973 bits per heavy atom. The Kier molecular flexibility index (Phi) is 8.70. The molecule has 194 valence electrons. The molecule has 0 saturated carbocycles. The number of benzene rings is 3. The second-order valence-electron chi connectivity index (χ2n) is 10.2. The molecule has 0 fully saturated rings. The van der Waals surface area contributed by atoms with Crippen molar-refractivity contribution in [1.82, 2.24) is 0 Å². The lowest BCUT2D eigenvalue weighted by Gasteiger charge is -2.29. The van der Waals surface area contributed by atoms with Crippen LogP contribution < -0.4 is 9.47 Å². The molecule has 4 heteroatoms. The molecule has 0 heterocycles. The molecule has 3 aromatic rings. The number of ether oxygens (including phenoxy) is 2. The molecule has 3 aromatic carbocycles. The maximum atomic E-state index is 11.5. The topological polar surface area (TPSA) is 55.8 Å². The van der Waals surface area contributed by atoms with E-state index in [1.807, 2.05) is 6.07 Å². The Balaban J connectivity index is 1.46. The molecule has 1 N–H and O–H groups in total. The minimum absolute atomic E-state index is 0.0506. The molecule has 0 saturated heterocycles. The second kappa shape index (κ2) is 12.1. The molecule has 0 radical (unpaired) electrons. The summed E-state index contributed by atoms with van der Waals surface area (Å²) in [4.78, 5) is 11.5. The minimum atomic E-state index is -0.759. The van der Waals surface area contributed by atoms with Crippen molar-refractivity contribution in [3.05, 3.63) is 94.1 Å². The van der Waals surface area contributed by atoms with E-state index < -0.39 is 5.97 Å². The Bertz CT molecular complexity index is 1270. The van der Waals surface area contributed by atoms with Gasteiger partial charge < -0.3 is 14.6 Å². The molecule has 4 rings (SSSR count). The molecule has 0 spiro atoms. The third-order valence-electron chi connectivity index (χ3n) is 7.16. The summed E-state index contributed by atoms with van der Waals surface area (Å²) in [6.45, 7) is 9.64. The van der Waals surface area contributed by atoms with Crippen molar-refractivity contribution in [3.8, 4) is 22.6 Å². The Morgan fingerprint density at radius 3 is 2.46 bits per heavy atom. The van der Waals surface area contributed by atoms with Gasteiger partial charge in [0.1, 0.15) is 18.1 Å². The van der Waals surface area contributed by atoms with Gasteiger partial charge in [-0.05, 0) is 86.6 Å². The van der Waals surface area contributed by atoms with Gasteiger partial charge >= 0.3 is 5.97 Å². The molecule has 0 aromatic heterocycles. The number of carboxylic acid groups (broad SMARTS) is 1. The minimum Gasteiger partial charge on any atom is -0.493 e. The van der Waals surface area contributed by atoms with Crippen LogP contribution in [0.3, 0.4) is 0 Å². The highest BCUT2D eigenvalue weighted by molar-refractivity contribution is 5.71. The van der Waals surface area contributed by atoms with Crippen LogP contribution in [0.1, 0.15) is 74.6 Å². The van der Waals surface area contributed by atoms with E-state index in [-0.39, 0.29) is 12.3 Å². The molecule has 4 nitrogen and oxygen atoms in total. The van der Waals surface area contributed by atoms with Crippen molar-refractivity contribution < 1.29 is 19.4 Å². The van der Waals surface area contributed by atoms with Crippen LogP contribution in [0, 0.1) is 6.92 Å². The SMILES string of the molecule is CCCCOc1ccc(C)cc1-c1ccc(COc2ccc3c(c2)CCC(=C(C)C)[C@H]3CC(=O)O)cc1. The number of unbranched alkanes of at least 4 members (excludes halogenated alkanes) is 1. The average molecular weight is 499 g/mol. The van der Waals surface area contributed by atoms with Gasteiger partial charge in [-0.15, -0.1) is 0 Å². The second-order valence-corrected chi connectivity index (χ2v) is 10.2. The van der Waals surface area contributed by atoms with Crippen LogP contribution in [0.4, 0.5) is 0 Å². The first-order chi connectivity index (χ1) is 17.9. The number of allylic oxidation sites excluding steroid dienone is 2. The van der Waals surface area contributed by atoms with E-state index in [2.05, 4.69) is 82.3 Å². The van der Waals surface area contributed by atoms with Crippen molar-refractivity contribution in [2.75, 3.05) is 6.61 Å². The van der Waals surface area contributed by atoms with E-state index in [0.29, 0.717) is 6.61 Å². The number of aryl methyl sites for hydroxylation is 2. The van der Waals surface area contributed by atoms with Crippen LogP contribution in [0.15, 0.2) is 71.8 Å². The molecule has 0 aliphatic heterocycles. The zero-order valence-electron chi connectivity index (χ0n) is 22.5. The maximum absolute atomic E-state index is 11.5. The lowest BCUT2D eigenvalue weighted by Crippen LogP contribution is -2.17. The summed E-state index contributed by atoms with van der Waals surface area (Å²) >= 11 is 0. The number of carboxylic acids is 1. The average Bonchev–Trinajstić information content (AvgIpc) is 2.88. The van der Waals surface area contributed by atoms with E-state index in [9.17, 15) is 9.90 Å². The van der Waals surface area contributed by atoms with Crippen molar-refractivity contribution >= 4 is 5.97 Å². The van der Waals surface area contributed by atoms with E-state index in [1.54, 1.807) is 0 Å². The Morgan fingerprint density at radius 2 is 1.76 bits per heavy atom. The quantitative estimate of drug-likeness (QED) is 0.226. The third-order valence-corrected chi connectivity index (χ3v) is 7.16. The lowest BCUT2D eigenvalue weighted by atomic mass is 9.76. The number of carbonyl (C=O) groups is 1. The Hall–Kier alpha value is -3.53. The largest absolute Gasteiger partial charge is 0.493 e. The van der Waals surface area contributed by atoms with E-state index in [4.69, 9.17) is 9.47 Å². The van der Waals surface area contributed by atoms with Gasteiger partial charge in [-0.3, -0.25) is 4.79 Å². The Labute approximate surface area is 221 Å². The highest BCUT2D eigenvalue weighted by Crippen LogP contribution is 2.41. The monoisotopic (exact) mass is 498 g/mol. The predicted octanol–water partition coefficient (Wildman–Crippen LogP) is 8.26. The van der Waals surface area contributed by atoms with Crippen LogP contribution in [0.2, 0.25) is 0 Å². The molecule has 1 atom stereocenters. The summed E-state index contributed by atoms with van der Waals surface area (Å²) in [5, 5.41) is 9.47. The van der Waals surface area contributed by atoms with Gasteiger partial charge in [0.25, 0.3) is 0 Å². The zero-order chi connectivity index (χ0) is 26.4. The highest BCUT2D eigenvalue weighted by atomic mass is 16.5. The van der Waals surface area contributed by atoms with Crippen LogP contribution in [0.25, 0.3) is 11.1 Å². The standard InChI is InChI=1S/C33H38O4/c1-5-6-17-36-32-16-7-23(4)18-30(32)25-10-8-24(9-11-25)21-37-27-13-15-29-26(19-27)12-14-28(22(2)3)31(29)20-33(34)35/h7-11,13,15-16,18-19,31H,5-6,12,14,17,20-21H2,1-4H3,(H,34,35)/t31-/m1/s1. The first kappa shape index (κ1) is 26.5. The first-order valence-corrected chi connectivity index (χ1v) is 13.3. The smallest absolute Gasteiger partial charge is 0.304 e. The van der Waals surface area contributed by atoms with Crippen molar-refractivity contribution in [2.45, 2.75) is 72.3 Å². The van der Waals surface area contributed by atoms with Gasteiger partial charge in [0, 0.05) is 11.5 Å². The molecule has 0 amide bonds. The van der Waals surface area contributed by atoms with Gasteiger partial charge in [0.05, 0.1) is 13.0 Å². The first-order valence-electron chi connectivity index (χ1n) is 13.3. The fourth-order valence-corrected chi connectivity index (χ4v) is 5.13. The normalized spacial score (nSPS) is 14.7. The summed E-state index contributed by atoms with van der Waals surface area (Å²) in [6.07, 6.45) is 4.10. The number of rotatable bonds is 10. The molecule has 37 heavy (non-hydrogen) atoms. The summed E-state index contributed by atoms with van der Waals surface area (Å²) < 4.78 is 12.2. The fraction of sp³-hybridized carbons (Fsp3) is 0.364. The van der Waals surface area contributed by atoms with Gasteiger partial charge in [-0.1, -0.05) is 66.5 Å². The summed E-state index contributed by atoms with van der Waals surface area (Å²) in [6, 6.07) is 20.9. The van der Waals surface area contributed by atoms with Gasteiger partial charge in [0.15, 0.2) is 0 Å². The molecular weight excluding hydrogens is 460 g/mol. The molecular formula is C33H38O4. The van der Waals surface area contributed by atoms with Crippen molar-refractivity contribution in [2.24, 2.45) is 0 Å². The van der Waals surface area contributed by atoms with Gasteiger partial charge in [0.2, 0.25) is 0 Å². The lowest BCUT2D eigenvalue weighted by molar-refractivity contribution is -0.137. The molecule has 0 unspecified atom stereocenters. The van der Waals surface area contributed by atoms with E-state index >= 15 is 0 Å². The van der Waals surface area contributed by atoms with Crippen LogP contribution in [-0.2, 0) is 17.8 Å². The van der Waals surface area contributed by atoms with Crippen LogP contribution in [0.5, 0.6) is 11.5 Å². The maximum Gasteiger partial charge on any atom is 0.304 e. The van der Waals surface area contributed by atoms with Gasteiger partial charge in [-0.2, -0.15) is 0 Å². The number of fused-ring (bicyclic) bond motifs is 1. The van der Waals surface area contributed by atoms with Crippen LogP contribution >= 0.6 is 0 Å². The van der Waals surface area contributed by atoms with Crippen LogP contribution in [-0.4, -0.2) is 17.7 Å². The summed E-state index contributed by atoms with van der Waals surface area (Å²) in [7, 11) is 0. The van der Waals surface area contributed by atoms with Gasteiger partial charge in [-0.25, -0.2) is 0 Å². The zero-order valence-corrected chi connectivity index (χ0v) is 22.5. The number of aliphatic carboxylic acids is 1. The summed E-state index contributed by atoms with van der Waals surface area (Å²) in [5.74, 6) is 0.938. The molecule has 1 aliphatic rings. The molecule has 1 aliphatic carbocycles. The summed E-state index contributed by atoms with van der Waals surface area (Å²) in [5.41, 5.74) is 9.35.